The van der Waals surface area contributed by atoms with Gasteiger partial charge in [0.25, 0.3) is 0 Å². The summed E-state index contributed by atoms with van der Waals surface area (Å²) in [5, 5.41) is 2.70. The van der Waals surface area contributed by atoms with E-state index in [0.29, 0.717) is 12.5 Å². The van der Waals surface area contributed by atoms with Gasteiger partial charge in [0.15, 0.2) is 0 Å². The predicted molar refractivity (Wildman–Crippen MR) is 89.6 cm³/mol. The van der Waals surface area contributed by atoms with E-state index in [1.54, 1.807) is 7.05 Å². The van der Waals surface area contributed by atoms with Gasteiger partial charge in [-0.25, -0.2) is 4.98 Å². The van der Waals surface area contributed by atoms with Crippen LogP contribution in [-0.4, -0.2) is 40.5 Å². The zero-order valence-electron chi connectivity index (χ0n) is 14.1. The molecule has 120 valence electrons. The summed E-state index contributed by atoms with van der Waals surface area (Å²) < 4.78 is 2.27. The Kier molecular flexibility index (Phi) is 5.19. The molecule has 1 atom stereocenters. The summed E-state index contributed by atoms with van der Waals surface area (Å²) in [6.07, 6.45) is 0. The second kappa shape index (κ2) is 6.92. The third kappa shape index (κ3) is 3.47. The van der Waals surface area contributed by atoms with E-state index in [9.17, 15) is 4.79 Å². The normalized spacial score (nSPS) is 13.0. The summed E-state index contributed by atoms with van der Waals surface area (Å²) >= 11 is 0. The maximum atomic E-state index is 11.8. The molecule has 5 nitrogen and oxygen atoms in total. The van der Waals surface area contributed by atoms with Crippen molar-refractivity contribution in [2.24, 2.45) is 5.92 Å². The molecule has 1 N–H and O–H groups in total. The summed E-state index contributed by atoms with van der Waals surface area (Å²) in [5.41, 5.74) is 2.17. The van der Waals surface area contributed by atoms with Crippen molar-refractivity contribution in [3.8, 4) is 0 Å². The van der Waals surface area contributed by atoms with Crippen molar-refractivity contribution in [1.29, 1.82) is 0 Å². The molecule has 0 aliphatic carbocycles. The van der Waals surface area contributed by atoms with Crippen molar-refractivity contribution in [3.63, 3.8) is 0 Å². The number of benzene rings is 1. The lowest BCUT2D eigenvalue weighted by molar-refractivity contribution is -0.125. The molecule has 5 heteroatoms. The number of para-hydroxylation sites is 2. The Morgan fingerprint density at radius 1 is 1.32 bits per heavy atom. The Balaban J connectivity index is 2.31. The number of carbonyl (C=O) groups is 1. The quantitative estimate of drug-likeness (QED) is 0.890. The van der Waals surface area contributed by atoms with E-state index in [4.69, 9.17) is 4.98 Å². The maximum Gasteiger partial charge on any atom is 0.236 e. The summed E-state index contributed by atoms with van der Waals surface area (Å²) in [4.78, 5) is 18.6. The Hall–Kier alpha value is -1.88. The first-order valence-electron chi connectivity index (χ1n) is 7.80. The number of rotatable bonds is 6. The van der Waals surface area contributed by atoms with Crippen LogP contribution in [0.5, 0.6) is 0 Å². The summed E-state index contributed by atoms with van der Waals surface area (Å²) in [7, 11) is 3.62. The second-order valence-electron chi connectivity index (χ2n) is 6.23. The average molecular weight is 302 g/mol. The highest BCUT2D eigenvalue weighted by Crippen LogP contribution is 2.19. The van der Waals surface area contributed by atoms with Gasteiger partial charge < -0.3 is 9.88 Å². The highest BCUT2D eigenvalue weighted by atomic mass is 16.2. The minimum atomic E-state index is -0.183. The van der Waals surface area contributed by atoms with Crippen LogP contribution in [0.1, 0.15) is 26.6 Å². The fourth-order valence-corrected chi connectivity index (χ4v) is 2.58. The summed E-state index contributed by atoms with van der Waals surface area (Å²) in [6.45, 7) is 7.90. The van der Waals surface area contributed by atoms with Crippen molar-refractivity contribution in [2.45, 2.75) is 39.9 Å². The number of likely N-dealkylation sites (N-methyl/N-ethyl adjacent to an activating group) is 2. The van der Waals surface area contributed by atoms with Crippen LogP contribution in [0.25, 0.3) is 11.0 Å². The molecular formula is C17H26N4O. The Bertz CT molecular complexity index is 647. The smallest absolute Gasteiger partial charge is 0.236 e. The van der Waals surface area contributed by atoms with Gasteiger partial charge in [0.2, 0.25) is 5.91 Å². The predicted octanol–water partition coefficient (Wildman–Crippen LogP) is 2.26. The van der Waals surface area contributed by atoms with Crippen LogP contribution in [0.2, 0.25) is 0 Å². The zero-order chi connectivity index (χ0) is 16.3. The molecule has 1 aromatic carbocycles. The van der Waals surface area contributed by atoms with E-state index in [1.165, 1.54) is 0 Å². The second-order valence-corrected chi connectivity index (χ2v) is 6.23. The molecule has 0 saturated heterocycles. The third-order valence-corrected chi connectivity index (χ3v) is 3.96. The minimum absolute atomic E-state index is 0.0222. The number of hydrogen-bond acceptors (Lipinski definition) is 3. The fraction of sp³-hybridized carbons (Fsp3) is 0.529. The molecule has 2 rings (SSSR count). The molecule has 1 aromatic heterocycles. The number of amides is 1. The van der Waals surface area contributed by atoms with E-state index in [0.717, 1.165) is 23.4 Å². The molecule has 1 amide bonds. The van der Waals surface area contributed by atoms with Gasteiger partial charge in [-0.05, 0) is 32.0 Å². The number of fused-ring (bicyclic) bond motifs is 1. The SMILES string of the molecule is CNC(=O)[C@H](C)N(C)Cc1nc2ccccc2n1CC(C)C. The van der Waals surface area contributed by atoms with Crippen molar-refractivity contribution in [1.82, 2.24) is 19.8 Å². The number of hydrogen-bond donors (Lipinski definition) is 1. The first-order chi connectivity index (χ1) is 10.4. The standard InChI is InChI=1S/C17H26N4O/c1-12(2)10-21-15-9-7-6-8-14(15)19-16(21)11-20(5)13(3)17(22)18-4/h6-9,12-13H,10-11H2,1-5H3,(H,18,22)/t13-/m0/s1. The van der Waals surface area contributed by atoms with Gasteiger partial charge in [-0.2, -0.15) is 0 Å². The molecule has 0 aliphatic rings. The molecule has 1 heterocycles. The van der Waals surface area contributed by atoms with Crippen LogP contribution in [0, 0.1) is 5.92 Å². The van der Waals surface area contributed by atoms with Crippen molar-refractivity contribution < 1.29 is 4.79 Å². The number of carbonyl (C=O) groups excluding carboxylic acids is 1. The molecule has 22 heavy (non-hydrogen) atoms. The Morgan fingerprint density at radius 2 is 2.00 bits per heavy atom. The highest BCUT2D eigenvalue weighted by molar-refractivity contribution is 5.81. The molecule has 0 radical (unpaired) electrons. The lowest BCUT2D eigenvalue weighted by Crippen LogP contribution is -2.41. The minimum Gasteiger partial charge on any atom is -0.358 e. The Labute approximate surface area is 132 Å². The first kappa shape index (κ1) is 16.5. The van der Waals surface area contributed by atoms with Gasteiger partial charge in [0.1, 0.15) is 5.82 Å². The summed E-state index contributed by atoms with van der Waals surface area (Å²) in [5.74, 6) is 1.57. The van der Waals surface area contributed by atoms with Gasteiger partial charge in [0, 0.05) is 13.6 Å². The fourth-order valence-electron chi connectivity index (χ4n) is 2.58. The van der Waals surface area contributed by atoms with Gasteiger partial charge >= 0.3 is 0 Å². The molecule has 0 spiro atoms. The van der Waals surface area contributed by atoms with Crippen LogP contribution >= 0.6 is 0 Å². The molecule has 0 fully saturated rings. The zero-order valence-corrected chi connectivity index (χ0v) is 14.1. The lowest BCUT2D eigenvalue weighted by atomic mass is 10.2. The lowest BCUT2D eigenvalue weighted by Gasteiger charge is -2.23. The number of nitrogens with one attached hydrogen (secondary N) is 1. The van der Waals surface area contributed by atoms with Crippen LogP contribution in [0.4, 0.5) is 0 Å². The molecule has 2 aromatic rings. The monoisotopic (exact) mass is 302 g/mol. The largest absolute Gasteiger partial charge is 0.358 e. The van der Waals surface area contributed by atoms with Gasteiger partial charge in [0.05, 0.1) is 23.6 Å². The molecule has 0 bridgehead atoms. The van der Waals surface area contributed by atoms with Crippen LogP contribution in [-0.2, 0) is 17.9 Å². The van der Waals surface area contributed by atoms with Crippen LogP contribution < -0.4 is 5.32 Å². The third-order valence-electron chi connectivity index (χ3n) is 3.96. The number of imidazole rings is 1. The van der Waals surface area contributed by atoms with E-state index in [1.807, 2.05) is 37.1 Å². The van der Waals surface area contributed by atoms with E-state index >= 15 is 0 Å². The van der Waals surface area contributed by atoms with E-state index in [2.05, 4.69) is 29.8 Å². The van der Waals surface area contributed by atoms with Crippen molar-refractivity contribution >= 4 is 16.9 Å². The maximum absolute atomic E-state index is 11.8. The van der Waals surface area contributed by atoms with Gasteiger partial charge in [-0.3, -0.25) is 9.69 Å². The average Bonchev–Trinajstić information content (AvgIpc) is 2.82. The summed E-state index contributed by atoms with van der Waals surface area (Å²) in [6, 6.07) is 8.02. The van der Waals surface area contributed by atoms with Gasteiger partial charge in [-0.1, -0.05) is 26.0 Å². The molecule has 0 aliphatic heterocycles. The molecule has 0 unspecified atom stereocenters. The Morgan fingerprint density at radius 3 is 2.64 bits per heavy atom. The van der Waals surface area contributed by atoms with Gasteiger partial charge in [-0.15, -0.1) is 0 Å². The molecular weight excluding hydrogens is 276 g/mol. The van der Waals surface area contributed by atoms with E-state index < -0.39 is 0 Å². The highest BCUT2D eigenvalue weighted by Gasteiger charge is 2.20. The van der Waals surface area contributed by atoms with E-state index in [-0.39, 0.29) is 11.9 Å². The van der Waals surface area contributed by atoms with Crippen LogP contribution in [0.3, 0.4) is 0 Å². The first-order valence-corrected chi connectivity index (χ1v) is 7.80. The van der Waals surface area contributed by atoms with Crippen molar-refractivity contribution in [3.05, 3.63) is 30.1 Å². The number of aromatic nitrogens is 2. The number of nitrogens with zero attached hydrogens (tertiary/aromatic N) is 3. The van der Waals surface area contributed by atoms with Crippen molar-refractivity contribution in [2.75, 3.05) is 14.1 Å². The molecule has 0 saturated carbocycles. The topological polar surface area (TPSA) is 50.2 Å². The van der Waals surface area contributed by atoms with Crippen LogP contribution in [0.15, 0.2) is 24.3 Å².